The number of amides is 1. The summed E-state index contributed by atoms with van der Waals surface area (Å²) in [6, 6.07) is 13.1. The summed E-state index contributed by atoms with van der Waals surface area (Å²) in [5.41, 5.74) is 2.30. The topological polar surface area (TPSA) is 87.5 Å². The first kappa shape index (κ1) is 22.1. The number of carbonyl (C=O) groups is 1. The molecular formula is C25H26N4O4. The maximum atomic E-state index is 12.4. The van der Waals surface area contributed by atoms with E-state index >= 15 is 0 Å². The van der Waals surface area contributed by atoms with Gasteiger partial charge in [0.15, 0.2) is 11.5 Å². The lowest BCUT2D eigenvalue weighted by molar-refractivity contribution is -0.115. The fraction of sp³-hybridized carbons (Fsp3) is 0.240. The predicted molar refractivity (Wildman–Crippen MR) is 126 cm³/mol. The highest BCUT2D eigenvalue weighted by Gasteiger charge is 2.12. The molecule has 0 bridgehead atoms. The van der Waals surface area contributed by atoms with Crippen molar-refractivity contribution in [2.75, 3.05) is 19.5 Å². The van der Waals surface area contributed by atoms with Gasteiger partial charge < -0.3 is 19.5 Å². The number of hydrogen-bond acceptors (Lipinski definition) is 6. The van der Waals surface area contributed by atoms with Crippen molar-refractivity contribution < 1.29 is 19.0 Å². The van der Waals surface area contributed by atoms with Crippen LogP contribution in [0.25, 0.3) is 10.9 Å². The summed E-state index contributed by atoms with van der Waals surface area (Å²) in [5, 5.41) is 7.92. The molecule has 2 aromatic heterocycles. The smallest absolute Gasteiger partial charge is 0.228 e. The molecule has 0 radical (unpaired) electrons. The van der Waals surface area contributed by atoms with Crippen molar-refractivity contribution in [3.8, 4) is 23.0 Å². The van der Waals surface area contributed by atoms with E-state index in [1.54, 1.807) is 37.4 Å². The quantitative estimate of drug-likeness (QED) is 0.410. The lowest BCUT2D eigenvalue weighted by Crippen LogP contribution is -2.14. The van der Waals surface area contributed by atoms with Gasteiger partial charge in [-0.15, -0.1) is 0 Å². The molecule has 0 atom stereocenters. The third-order valence-electron chi connectivity index (χ3n) is 5.14. The van der Waals surface area contributed by atoms with E-state index in [9.17, 15) is 4.79 Å². The zero-order chi connectivity index (χ0) is 23.4. The number of rotatable bonds is 8. The third-order valence-corrected chi connectivity index (χ3v) is 5.14. The van der Waals surface area contributed by atoms with E-state index < -0.39 is 0 Å². The Kier molecular flexibility index (Phi) is 6.44. The number of benzene rings is 2. The Bertz CT molecular complexity index is 1270. The molecule has 0 spiro atoms. The van der Waals surface area contributed by atoms with E-state index in [4.69, 9.17) is 14.2 Å². The van der Waals surface area contributed by atoms with Gasteiger partial charge in [0.2, 0.25) is 5.91 Å². The molecule has 0 aliphatic heterocycles. The van der Waals surface area contributed by atoms with Crippen molar-refractivity contribution in [1.82, 2.24) is 14.8 Å². The monoisotopic (exact) mass is 446 g/mol. The van der Waals surface area contributed by atoms with E-state index in [0.29, 0.717) is 28.7 Å². The van der Waals surface area contributed by atoms with Gasteiger partial charge >= 0.3 is 0 Å². The zero-order valence-corrected chi connectivity index (χ0v) is 19.0. The lowest BCUT2D eigenvalue weighted by atomic mass is 10.1. The highest BCUT2D eigenvalue weighted by molar-refractivity contribution is 5.92. The van der Waals surface area contributed by atoms with Crippen molar-refractivity contribution in [3.63, 3.8) is 0 Å². The largest absolute Gasteiger partial charge is 0.493 e. The number of fused-ring (bicyclic) bond motifs is 1. The molecule has 0 aliphatic rings. The number of nitrogens with zero attached hydrogens (tertiary/aromatic N) is 3. The molecule has 2 aromatic carbocycles. The minimum absolute atomic E-state index is 0.104. The van der Waals surface area contributed by atoms with Crippen LogP contribution < -0.4 is 19.5 Å². The van der Waals surface area contributed by atoms with Gasteiger partial charge in [0.05, 0.1) is 38.0 Å². The number of pyridine rings is 1. The predicted octanol–water partition coefficient (Wildman–Crippen LogP) is 5.00. The van der Waals surface area contributed by atoms with Crippen molar-refractivity contribution >= 4 is 22.5 Å². The van der Waals surface area contributed by atoms with Gasteiger partial charge in [0.1, 0.15) is 11.5 Å². The van der Waals surface area contributed by atoms with Crippen LogP contribution in [0.5, 0.6) is 23.0 Å². The van der Waals surface area contributed by atoms with Gasteiger partial charge in [-0.3, -0.25) is 14.5 Å². The average molecular weight is 447 g/mol. The van der Waals surface area contributed by atoms with E-state index in [-0.39, 0.29) is 18.4 Å². The van der Waals surface area contributed by atoms with Crippen LogP contribution in [-0.4, -0.2) is 34.9 Å². The molecule has 4 aromatic rings. The summed E-state index contributed by atoms with van der Waals surface area (Å²) in [5.74, 6) is 2.40. The number of aromatic nitrogens is 3. The van der Waals surface area contributed by atoms with E-state index in [1.165, 1.54) is 0 Å². The Balaban J connectivity index is 1.45. The SMILES string of the molecule is COc1cc2nccc(Oc3ccc(CC(=O)Nc4cnn(C(C)C)c4)cc3)c2cc1OC. The first-order valence-electron chi connectivity index (χ1n) is 10.6. The first-order chi connectivity index (χ1) is 16.0. The fourth-order valence-corrected chi connectivity index (χ4v) is 3.41. The van der Waals surface area contributed by atoms with Gasteiger partial charge in [-0.2, -0.15) is 5.10 Å². The van der Waals surface area contributed by atoms with E-state index in [1.807, 2.05) is 56.4 Å². The Morgan fingerprint density at radius 2 is 1.76 bits per heavy atom. The van der Waals surface area contributed by atoms with Gasteiger partial charge in [-0.1, -0.05) is 12.1 Å². The molecule has 8 nitrogen and oxygen atoms in total. The molecular weight excluding hydrogens is 420 g/mol. The van der Waals surface area contributed by atoms with Gasteiger partial charge in [-0.25, -0.2) is 0 Å². The molecule has 4 rings (SSSR count). The number of ether oxygens (including phenoxy) is 3. The molecule has 0 saturated carbocycles. The molecule has 1 N–H and O–H groups in total. The first-order valence-corrected chi connectivity index (χ1v) is 10.6. The molecule has 2 heterocycles. The summed E-state index contributed by atoms with van der Waals surface area (Å²) < 4.78 is 18.7. The fourth-order valence-electron chi connectivity index (χ4n) is 3.41. The summed E-state index contributed by atoms with van der Waals surface area (Å²) >= 11 is 0. The van der Waals surface area contributed by atoms with Crippen molar-refractivity contribution in [1.29, 1.82) is 0 Å². The standard InChI is InChI=1S/C25H26N4O4/c1-16(2)29-15-18(14-27-29)28-25(30)11-17-5-7-19(8-6-17)33-22-9-10-26-21-13-24(32-4)23(31-3)12-20(21)22/h5-10,12-16H,11H2,1-4H3,(H,28,30). The number of anilines is 1. The number of hydrogen-bond donors (Lipinski definition) is 1. The van der Waals surface area contributed by atoms with Crippen molar-refractivity contribution in [2.24, 2.45) is 0 Å². The molecule has 33 heavy (non-hydrogen) atoms. The molecule has 0 fully saturated rings. The molecule has 0 saturated heterocycles. The molecule has 8 heteroatoms. The third kappa shape index (κ3) is 5.06. The maximum Gasteiger partial charge on any atom is 0.228 e. The van der Waals surface area contributed by atoms with E-state index in [2.05, 4.69) is 15.4 Å². The lowest BCUT2D eigenvalue weighted by Gasteiger charge is -2.12. The van der Waals surface area contributed by atoms with Crippen molar-refractivity contribution in [2.45, 2.75) is 26.3 Å². The van der Waals surface area contributed by atoms with Crippen LogP contribution in [0.1, 0.15) is 25.5 Å². The second-order valence-corrected chi connectivity index (χ2v) is 7.81. The second-order valence-electron chi connectivity index (χ2n) is 7.81. The molecule has 0 aliphatic carbocycles. The van der Waals surface area contributed by atoms with E-state index in [0.717, 1.165) is 16.5 Å². The Morgan fingerprint density at radius 1 is 1.03 bits per heavy atom. The van der Waals surface area contributed by atoms with Crippen LogP contribution >= 0.6 is 0 Å². The van der Waals surface area contributed by atoms with Crippen LogP contribution in [0.15, 0.2) is 61.1 Å². The zero-order valence-electron chi connectivity index (χ0n) is 19.0. The number of carbonyl (C=O) groups excluding carboxylic acids is 1. The van der Waals surface area contributed by atoms with Crippen LogP contribution in [0, 0.1) is 0 Å². The Hall–Kier alpha value is -4.07. The normalized spacial score (nSPS) is 10.9. The molecule has 1 amide bonds. The summed E-state index contributed by atoms with van der Waals surface area (Å²) in [6.07, 6.45) is 5.41. The highest BCUT2D eigenvalue weighted by Crippen LogP contribution is 2.36. The average Bonchev–Trinajstić information content (AvgIpc) is 3.28. The highest BCUT2D eigenvalue weighted by atomic mass is 16.5. The molecule has 0 unspecified atom stereocenters. The minimum Gasteiger partial charge on any atom is -0.493 e. The Morgan fingerprint density at radius 3 is 2.42 bits per heavy atom. The Labute approximate surface area is 192 Å². The van der Waals surface area contributed by atoms with Crippen molar-refractivity contribution in [3.05, 3.63) is 66.6 Å². The summed E-state index contributed by atoms with van der Waals surface area (Å²) in [4.78, 5) is 16.8. The second kappa shape index (κ2) is 9.60. The van der Waals surface area contributed by atoms with Crippen LogP contribution in [0.2, 0.25) is 0 Å². The number of methoxy groups -OCH3 is 2. The van der Waals surface area contributed by atoms with Crippen LogP contribution in [0.4, 0.5) is 5.69 Å². The summed E-state index contributed by atoms with van der Waals surface area (Å²) in [6.45, 7) is 4.06. The minimum atomic E-state index is -0.104. The maximum absolute atomic E-state index is 12.4. The molecule has 170 valence electrons. The van der Waals surface area contributed by atoms with Crippen LogP contribution in [0.3, 0.4) is 0 Å². The summed E-state index contributed by atoms with van der Waals surface area (Å²) in [7, 11) is 3.18. The van der Waals surface area contributed by atoms with Gasteiger partial charge in [0, 0.05) is 29.9 Å². The van der Waals surface area contributed by atoms with Crippen LogP contribution in [-0.2, 0) is 11.2 Å². The van der Waals surface area contributed by atoms with Gasteiger partial charge in [0.25, 0.3) is 0 Å². The number of nitrogens with one attached hydrogen (secondary N) is 1. The van der Waals surface area contributed by atoms with Gasteiger partial charge in [-0.05, 0) is 43.7 Å².